The summed E-state index contributed by atoms with van der Waals surface area (Å²) in [6.45, 7) is 8.91. The Kier molecular flexibility index (Phi) is 3.86. The molecule has 0 aromatic heterocycles. The van der Waals surface area contributed by atoms with Gasteiger partial charge in [0.1, 0.15) is 4.90 Å². The first-order valence-electron chi connectivity index (χ1n) is 6.73. The topological polar surface area (TPSA) is 70.0 Å². The van der Waals surface area contributed by atoms with Crippen LogP contribution in [-0.2, 0) is 10.0 Å². The van der Waals surface area contributed by atoms with Crippen LogP contribution in [0, 0.1) is 28.1 Å². The molecule has 6 heteroatoms. The summed E-state index contributed by atoms with van der Waals surface area (Å²) in [4.78, 5) is -0.0421. The van der Waals surface area contributed by atoms with E-state index in [4.69, 9.17) is 16.9 Å². The lowest BCUT2D eigenvalue weighted by Crippen LogP contribution is -2.27. The molecule has 1 aromatic carbocycles. The second-order valence-electron chi connectivity index (χ2n) is 6.60. The van der Waals surface area contributed by atoms with Gasteiger partial charge in [-0.2, -0.15) is 5.26 Å². The van der Waals surface area contributed by atoms with E-state index in [1.54, 1.807) is 0 Å². The number of nitrogens with zero attached hydrogens (tertiary/aromatic N) is 1. The van der Waals surface area contributed by atoms with Crippen molar-refractivity contribution < 1.29 is 8.42 Å². The van der Waals surface area contributed by atoms with E-state index in [-0.39, 0.29) is 32.2 Å². The first kappa shape index (κ1) is 16.3. The van der Waals surface area contributed by atoms with E-state index < -0.39 is 10.0 Å². The van der Waals surface area contributed by atoms with Crippen LogP contribution < -0.4 is 4.72 Å². The Labute approximate surface area is 131 Å². The third-order valence-corrected chi connectivity index (χ3v) is 7.05. The molecule has 0 aliphatic heterocycles. The van der Waals surface area contributed by atoms with Gasteiger partial charge in [-0.15, -0.1) is 0 Å². The summed E-state index contributed by atoms with van der Waals surface area (Å²) in [5.41, 5.74) is 0.480. The van der Waals surface area contributed by atoms with Crippen molar-refractivity contribution in [3.63, 3.8) is 0 Å². The first-order valence-corrected chi connectivity index (χ1v) is 8.59. The van der Waals surface area contributed by atoms with Gasteiger partial charge in [0.05, 0.1) is 16.7 Å². The highest BCUT2D eigenvalue weighted by Crippen LogP contribution is 2.67. The Morgan fingerprint density at radius 2 is 1.86 bits per heavy atom. The third-order valence-electron chi connectivity index (χ3n) is 5.15. The van der Waals surface area contributed by atoms with Crippen LogP contribution in [0.5, 0.6) is 0 Å². The summed E-state index contributed by atoms with van der Waals surface area (Å²) in [6, 6.07) is 6.14. The summed E-state index contributed by atoms with van der Waals surface area (Å²) in [5, 5.41) is 9.00. The van der Waals surface area contributed by atoms with E-state index in [0.29, 0.717) is 6.54 Å². The minimum atomic E-state index is -3.71. The molecule has 2 rings (SSSR count). The molecule has 4 nitrogen and oxygen atoms in total. The Morgan fingerprint density at radius 1 is 1.29 bits per heavy atom. The van der Waals surface area contributed by atoms with Crippen molar-refractivity contribution in [2.45, 2.75) is 32.6 Å². The molecule has 0 heterocycles. The maximum atomic E-state index is 12.4. The Morgan fingerprint density at radius 3 is 2.33 bits per heavy atom. The van der Waals surface area contributed by atoms with Crippen molar-refractivity contribution in [2.75, 3.05) is 6.54 Å². The van der Waals surface area contributed by atoms with Crippen molar-refractivity contribution in [3.8, 4) is 6.07 Å². The Balaban J connectivity index is 2.20. The second kappa shape index (κ2) is 4.98. The van der Waals surface area contributed by atoms with Gasteiger partial charge in [-0.3, -0.25) is 0 Å². The minimum absolute atomic E-state index is 0.0421. The molecule has 1 aliphatic rings. The number of rotatable bonds is 4. The fourth-order valence-corrected chi connectivity index (χ4v) is 4.46. The van der Waals surface area contributed by atoms with E-state index >= 15 is 0 Å². The Bertz CT molecular complexity index is 704. The van der Waals surface area contributed by atoms with Gasteiger partial charge < -0.3 is 0 Å². The molecule has 1 aliphatic carbocycles. The van der Waals surface area contributed by atoms with Crippen LogP contribution >= 0.6 is 11.6 Å². The molecule has 1 saturated carbocycles. The zero-order valence-electron chi connectivity index (χ0n) is 12.6. The van der Waals surface area contributed by atoms with E-state index in [1.807, 2.05) is 6.07 Å². The quantitative estimate of drug-likeness (QED) is 0.923. The van der Waals surface area contributed by atoms with Crippen molar-refractivity contribution in [2.24, 2.45) is 16.7 Å². The second-order valence-corrected chi connectivity index (χ2v) is 8.75. The highest BCUT2D eigenvalue weighted by molar-refractivity contribution is 7.89. The smallest absolute Gasteiger partial charge is 0.211 e. The zero-order valence-corrected chi connectivity index (χ0v) is 14.1. The van der Waals surface area contributed by atoms with Crippen molar-refractivity contribution in [1.29, 1.82) is 5.26 Å². The largest absolute Gasteiger partial charge is 0.242 e. The predicted molar refractivity (Wildman–Crippen MR) is 82.4 cm³/mol. The summed E-state index contributed by atoms with van der Waals surface area (Å²) in [5.74, 6) is 0.276. The van der Waals surface area contributed by atoms with Gasteiger partial charge in [-0.1, -0.05) is 39.3 Å². The molecule has 0 bridgehead atoms. The fraction of sp³-hybridized carbons (Fsp3) is 0.533. The molecular weight excluding hydrogens is 308 g/mol. The molecule has 0 spiro atoms. The van der Waals surface area contributed by atoms with E-state index in [9.17, 15) is 8.42 Å². The van der Waals surface area contributed by atoms with Crippen molar-refractivity contribution in [3.05, 3.63) is 28.8 Å². The number of benzene rings is 1. The molecule has 0 unspecified atom stereocenters. The highest BCUT2D eigenvalue weighted by Gasteiger charge is 2.64. The summed E-state index contributed by atoms with van der Waals surface area (Å²) in [6.07, 6.45) is 0. The van der Waals surface area contributed by atoms with E-state index in [0.717, 1.165) is 0 Å². The van der Waals surface area contributed by atoms with Gasteiger partial charge in [0.25, 0.3) is 0 Å². The zero-order chi connectivity index (χ0) is 16.1. The SMILES string of the molecule is CC1(C)C(CNS(=O)(=O)c2cc(C#N)ccc2Cl)C1(C)C. The molecule has 0 saturated heterocycles. The molecule has 1 fully saturated rings. The number of nitrogens with one attached hydrogen (secondary N) is 1. The predicted octanol–water partition coefficient (Wildman–Crippen LogP) is 3.17. The Hall–Kier alpha value is -1.09. The maximum absolute atomic E-state index is 12.4. The van der Waals surface area contributed by atoms with Gasteiger partial charge in [0, 0.05) is 6.54 Å². The number of hydrogen-bond acceptors (Lipinski definition) is 3. The third kappa shape index (κ3) is 2.68. The lowest BCUT2D eigenvalue weighted by molar-refractivity contribution is 0.457. The van der Waals surface area contributed by atoms with Crippen LogP contribution in [0.25, 0.3) is 0 Å². The van der Waals surface area contributed by atoms with E-state index in [2.05, 4.69) is 32.4 Å². The molecular formula is C15H19ClN2O2S. The van der Waals surface area contributed by atoms with Crippen LogP contribution in [-0.4, -0.2) is 15.0 Å². The van der Waals surface area contributed by atoms with E-state index in [1.165, 1.54) is 18.2 Å². The molecule has 114 valence electrons. The summed E-state index contributed by atoms with van der Waals surface area (Å²) >= 11 is 5.95. The van der Waals surface area contributed by atoms with Gasteiger partial charge in [0.2, 0.25) is 10.0 Å². The standard InChI is InChI=1S/C15H19ClN2O2S/c1-14(2)13(15(14,3)4)9-18-21(19,20)12-7-10(8-17)5-6-11(12)16/h5-7,13,18H,9H2,1-4H3. The highest BCUT2D eigenvalue weighted by atomic mass is 35.5. The van der Waals surface area contributed by atoms with Gasteiger partial charge in [0.15, 0.2) is 0 Å². The molecule has 0 radical (unpaired) electrons. The number of halogens is 1. The summed E-state index contributed by atoms with van der Waals surface area (Å²) < 4.78 is 27.4. The van der Waals surface area contributed by atoms with Crippen LogP contribution in [0.15, 0.2) is 23.1 Å². The van der Waals surface area contributed by atoms with Crippen LogP contribution in [0.3, 0.4) is 0 Å². The molecule has 21 heavy (non-hydrogen) atoms. The minimum Gasteiger partial charge on any atom is -0.211 e. The number of sulfonamides is 1. The van der Waals surface area contributed by atoms with Gasteiger partial charge in [-0.25, -0.2) is 13.1 Å². The maximum Gasteiger partial charge on any atom is 0.242 e. The normalized spacial score (nSPS) is 20.0. The van der Waals surface area contributed by atoms with Gasteiger partial charge in [-0.05, 0) is 34.9 Å². The summed E-state index contributed by atoms with van der Waals surface area (Å²) in [7, 11) is -3.71. The average molecular weight is 327 g/mol. The lowest BCUT2D eigenvalue weighted by Gasteiger charge is -2.09. The van der Waals surface area contributed by atoms with Gasteiger partial charge >= 0.3 is 0 Å². The molecule has 1 N–H and O–H groups in total. The molecule has 0 atom stereocenters. The number of hydrogen-bond donors (Lipinski definition) is 1. The first-order chi connectivity index (χ1) is 9.54. The van der Waals surface area contributed by atoms with Crippen LogP contribution in [0.4, 0.5) is 0 Å². The monoisotopic (exact) mass is 326 g/mol. The van der Waals surface area contributed by atoms with Crippen molar-refractivity contribution in [1.82, 2.24) is 4.72 Å². The lowest BCUT2D eigenvalue weighted by atomic mass is 10.0. The molecule has 1 aromatic rings. The van der Waals surface area contributed by atoms with Crippen molar-refractivity contribution >= 4 is 21.6 Å². The fourth-order valence-electron chi connectivity index (χ4n) is 2.89. The molecule has 0 amide bonds. The average Bonchev–Trinajstić information content (AvgIpc) is 2.77. The number of nitriles is 1. The van der Waals surface area contributed by atoms with Crippen LogP contribution in [0.2, 0.25) is 5.02 Å². The van der Waals surface area contributed by atoms with Crippen LogP contribution in [0.1, 0.15) is 33.3 Å².